The molecule has 132 valence electrons. The van der Waals surface area contributed by atoms with Gasteiger partial charge in [-0.15, -0.1) is 0 Å². The third-order valence-corrected chi connectivity index (χ3v) is 4.32. The largest absolute Gasteiger partial charge is 0.481 e. The molecule has 4 nitrogen and oxygen atoms in total. The smallest absolute Gasteiger partial charge is 0.311 e. The van der Waals surface area contributed by atoms with Crippen LogP contribution >= 0.6 is 0 Å². The lowest BCUT2D eigenvalue weighted by Gasteiger charge is -2.32. The molecule has 1 aromatic rings. The standard InChI is InChI=1S/C20H28O4/c1-6-20(5,17(21)22)14-19(3,4)18(23)24-13-15(2)12-16-10-8-7-9-11-16/h7-12H,6,13-14H2,1-5H3,(H,21,22)/b15-12+. The average molecular weight is 332 g/mol. The van der Waals surface area contributed by atoms with Crippen molar-refractivity contribution in [2.75, 3.05) is 6.61 Å². The first-order valence-electron chi connectivity index (χ1n) is 8.23. The molecule has 0 saturated carbocycles. The van der Waals surface area contributed by atoms with Gasteiger partial charge >= 0.3 is 11.9 Å². The molecule has 0 radical (unpaired) electrons. The molecule has 0 heterocycles. The molecule has 0 aliphatic carbocycles. The fraction of sp³-hybridized carbons (Fsp3) is 0.500. The number of hydrogen-bond acceptors (Lipinski definition) is 3. The molecule has 0 aliphatic heterocycles. The molecule has 0 aromatic heterocycles. The molecule has 1 N–H and O–H groups in total. The van der Waals surface area contributed by atoms with Crippen LogP contribution in [0.4, 0.5) is 0 Å². The maximum absolute atomic E-state index is 12.4. The number of hydrogen-bond donors (Lipinski definition) is 1. The normalized spacial score (nSPS) is 14.8. The number of ether oxygens (including phenoxy) is 1. The van der Waals surface area contributed by atoms with Gasteiger partial charge in [-0.3, -0.25) is 9.59 Å². The lowest BCUT2D eigenvalue weighted by molar-refractivity contribution is -0.159. The first-order chi connectivity index (χ1) is 11.1. The van der Waals surface area contributed by atoms with Gasteiger partial charge in [0.25, 0.3) is 0 Å². The number of esters is 1. The number of aliphatic carboxylic acids is 1. The first-order valence-corrected chi connectivity index (χ1v) is 8.23. The maximum atomic E-state index is 12.4. The second-order valence-electron chi connectivity index (χ2n) is 7.26. The van der Waals surface area contributed by atoms with Crippen LogP contribution in [-0.4, -0.2) is 23.7 Å². The second-order valence-corrected chi connectivity index (χ2v) is 7.26. The summed E-state index contributed by atoms with van der Waals surface area (Å²) >= 11 is 0. The highest BCUT2D eigenvalue weighted by molar-refractivity contribution is 5.79. The molecule has 1 atom stereocenters. The minimum atomic E-state index is -0.933. The molecule has 1 unspecified atom stereocenters. The molecule has 0 bridgehead atoms. The van der Waals surface area contributed by atoms with E-state index < -0.39 is 16.8 Å². The molecule has 0 fully saturated rings. The van der Waals surface area contributed by atoms with Crippen molar-refractivity contribution < 1.29 is 19.4 Å². The van der Waals surface area contributed by atoms with E-state index in [0.717, 1.165) is 11.1 Å². The van der Waals surface area contributed by atoms with E-state index in [2.05, 4.69) is 0 Å². The predicted octanol–water partition coefficient (Wildman–Crippen LogP) is 4.55. The fourth-order valence-corrected chi connectivity index (χ4v) is 2.65. The highest BCUT2D eigenvalue weighted by atomic mass is 16.5. The highest BCUT2D eigenvalue weighted by Crippen LogP contribution is 2.37. The zero-order chi connectivity index (χ0) is 18.4. The van der Waals surface area contributed by atoms with Crippen LogP contribution in [0.25, 0.3) is 6.08 Å². The summed E-state index contributed by atoms with van der Waals surface area (Å²) in [7, 11) is 0. The predicted molar refractivity (Wildman–Crippen MR) is 95.5 cm³/mol. The summed E-state index contributed by atoms with van der Waals surface area (Å²) < 4.78 is 5.41. The van der Waals surface area contributed by atoms with Crippen molar-refractivity contribution in [3.05, 3.63) is 41.5 Å². The number of carbonyl (C=O) groups is 2. The number of carboxylic acids is 1. The van der Waals surface area contributed by atoms with E-state index in [1.807, 2.05) is 50.3 Å². The van der Waals surface area contributed by atoms with E-state index in [4.69, 9.17) is 4.74 Å². The Morgan fingerprint density at radius 3 is 2.25 bits per heavy atom. The minimum Gasteiger partial charge on any atom is -0.481 e. The van der Waals surface area contributed by atoms with Gasteiger partial charge in [-0.1, -0.05) is 43.3 Å². The lowest BCUT2D eigenvalue weighted by Crippen LogP contribution is -2.37. The molecule has 0 amide bonds. The summed E-state index contributed by atoms with van der Waals surface area (Å²) in [6, 6.07) is 9.81. The molecule has 1 rings (SSSR count). The number of carboxylic acid groups (broad SMARTS) is 1. The van der Waals surface area contributed by atoms with E-state index in [-0.39, 0.29) is 19.0 Å². The van der Waals surface area contributed by atoms with E-state index >= 15 is 0 Å². The highest BCUT2D eigenvalue weighted by Gasteiger charge is 2.41. The Hall–Kier alpha value is -2.10. The Bertz CT molecular complexity index is 601. The van der Waals surface area contributed by atoms with Gasteiger partial charge in [-0.25, -0.2) is 0 Å². The van der Waals surface area contributed by atoms with Gasteiger partial charge in [0.15, 0.2) is 0 Å². The summed E-state index contributed by atoms with van der Waals surface area (Å²) in [5.41, 5.74) is 0.199. The zero-order valence-corrected chi connectivity index (χ0v) is 15.3. The fourth-order valence-electron chi connectivity index (χ4n) is 2.65. The Morgan fingerprint density at radius 1 is 1.17 bits per heavy atom. The first kappa shape index (κ1) is 19.9. The second kappa shape index (κ2) is 8.13. The summed E-state index contributed by atoms with van der Waals surface area (Å²) in [5.74, 6) is -1.25. The van der Waals surface area contributed by atoms with Crippen LogP contribution in [0.3, 0.4) is 0 Å². The van der Waals surface area contributed by atoms with Crippen molar-refractivity contribution in [1.82, 2.24) is 0 Å². The molecular formula is C20H28O4. The van der Waals surface area contributed by atoms with Gasteiger partial charge in [-0.2, -0.15) is 0 Å². The van der Waals surface area contributed by atoms with Crippen LogP contribution in [0.5, 0.6) is 0 Å². The van der Waals surface area contributed by atoms with E-state index in [1.165, 1.54) is 0 Å². The van der Waals surface area contributed by atoms with Crippen molar-refractivity contribution in [3.63, 3.8) is 0 Å². The van der Waals surface area contributed by atoms with E-state index in [0.29, 0.717) is 6.42 Å². The minimum absolute atomic E-state index is 0.201. The summed E-state index contributed by atoms with van der Waals surface area (Å²) in [4.78, 5) is 23.9. The Kier molecular flexibility index (Phi) is 6.76. The van der Waals surface area contributed by atoms with Crippen LogP contribution in [-0.2, 0) is 14.3 Å². The van der Waals surface area contributed by atoms with Crippen molar-refractivity contribution in [2.45, 2.75) is 47.5 Å². The molecular weight excluding hydrogens is 304 g/mol. The number of carbonyl (C=O) groups excluding carboxylic acids is 1. The zero-order valence-electron chi connectivity index (χ0n) is 15.3. The lowest BCUT2D eigenvalue weighted by atomic mass is 9.72. The van der Waals surface area contributed by atoms with Gasteiger partial charge < -0.3 is 9.84 Å². The molecule has 0 aliphatic rings. The van der Waals surface area contributed by atoms with Gasteiger partial charge in [0.2, 0.25) is 0 Å². The molecule has 0 saturated heterocycles. The molecule has 1 aromatic carbocycles. The summed E-state index contributed by atoms with van der Waals surface area (Å²) in [5, 5.41) is 9.40. The van der Waals surface area contributed by atoms with Gasteiger partial charge in [0.05, 0.1) is 10.8 Å². The Labute approximate surface area is 144 Å². The Balaban J connectivity index is 2.69. The number of benzene rings is 1. The monoisotopic (exact) mass is 332 g/mol. The molecule has 4 heteroatoms. The average Bonchev–Trinajstić information content (AvgIpc) is 2.52. The topological polar surface area (TPSA) is 63.6 Å². The molecule has 0 spiro atoms. The van der Waals surface area contributed by atoms with Crippen LogP contribution in [0.15, 0.2) is 35.9 Å². The van der Waals surface area contributed by atoms with Crippen LogP contribution in [0, 0.1) is 10.8 Å². The van der Waals surface area contributed by atoms with Gasteiger partial charge in [0.1, 0.15) is 6.61 Å². The van der Waals surface area contributed by atoms with Crippen LogP contribution < -0.4 is 0 Å². The summed E-state index contributed by atoms with van der Waals surface area (Å²) in [6.45, 7) is 9.08. The van der Waals surface area contributed by atoms with E-state index in [1.54, 1.807) is 20.8 Å². The van der Waals surface area contributed by atoms with E-state index in [9.17, 15) is 14.7 Å². The van der Waals surface area contributed by atoms with Crippen molar-refractivity contribution in [2.24, 2.45) is 10.8 Å². The van der Waals surface area contributed by atoms with Gasteiger partial charge in [0, 0.05) is 0 Å². The third-order valence-electron chi connectivity index (χ3n) is 4.32. The van der Waals surface area contributed by atoms with Gasteiger partial charge in [-0.05, 0) is 51.7 Å². The summed E-state index contributed by atoms with van der Waals surface area (Å²) in [6.07, 6.45) is 2.67. The van der Waals surface area contributed by atoms with Crippen molar-refractivity contribution in [3.8, 4) is 0 Å². The quantitative estimate of drug-likeness (QED) is 0.709. The van der Waals surface area contributed by atoms with Crippen LogP contribution in [0.2, 0.25) is 0 Å². The molecule has 24 heavy (non-hydrogen) atoms. The maximum Gasteiger partial charge on any atom is 0.311 e. The Morgan fingerprint density at radius 2 is 1.75 bits per heavy atom. The van der Waals surface area contributed by atoms with Crippen molar-refractivity contribution >= 4 is 18.0 Å². The number of rotatable bonds is 8. The third kappa shape index (κ3) is 5.52. The van der Waals surface area contributed by atoms with Crippen molar-refractivity contribution in [1.29, 1.82) is 0 Å². The van der Waals surface area contributed by atoms with Crippen LogP contribution in [0.1, 0.15) is 53.0 Å². The SMILES string of the molecule is CCC(C)(CC(C)(C)C(=O)OC/C(C)=C/c1ccccc1)C(=O)O.